The number of hydrogen-bond donors (Lipinski definition) is 1. The van der Waals surface area contributed by atoms with Gasteiger partial charge in [-0.05, 0) is 19.3 Å². The molecule has 0 bridgehead atoms. The fraction of sp³-hybridized carbons (Fsp3) is 0.909. The van der Waals surface area contributed by atoms with Crippen molar-refractivity contribution in [2.75, 3.05) is 19.8 Å². The Morgan fingerprint density at radius 1 is 1.36 bits per heavy atom. The molecule has 0 aromatic heterocycles. The van der Waals surface area contributed by atoms with E-state index in [9.17, 15) is 4.79 Å². The predicted molar refractivity (Wildman–Crippen MR) is 58.3 cm³/mol. The van der Waals surface area contributed by atoms with Gasteiger partial charge in [-0.3, -0.25) is 0 Å². The first-order valence-corrected chi connectivity index (χ1v) is 5.22. The van der Waals surface area contributed by atoms with Gasteiger partial charge >= 0.3 is 0 Å². The monoisotopic (exact) mass is 204 g/mol. The van der Waals surface area contributed by atoms with E-state index in [2.05, 4.69) is 0 Å². The summed E-state index contributed by atoms with van der Waals surface area (Å²) < 4.78 is 4.88. The van der Waals surface area contributed by atoms with Gasteiger partial charge in [-0.1, -0.05) is 20.8 Å². The molecule has 0 aromatic carbocycles. The van der Waals surface area contributed by atoms with Gasteiger partial charge in [0.05, 0.1) is 13.2 Å². The molecule has 14 heavy (non-hydrogen) atoms. The van der Waals surface area contributed by atoms with E-state index in [1.54, 1.807) is 6.92 Å². The molecule has 0 radical (unpaired) electrons. The van der Waals surface area contributed by atoms with Gasteiger partial charge in [0.2, 0.25) is 0 Å². The molecule has 0 heterocycles. The smallest absolute Gasteiger partial charge is 0.130 e. The first-order chi connectivity index (χ1) is 6.54. The number of rotatable bonds is 6. The van der Waals surface area contributed by atoms with E-state index in [1.165, 1.54) is 0 Å². The quantitative estimate of drug-likeness (QED) is 0.673. The molecule has 0 aromatic rings. The van der Waals surface area contributed by atoms with Crippen LogP contribution >= 0.6 is 0 Å². The van der Waals surface area contributed by atoms with Gasteiger partial charge in [0.25, 0.3) is 0 Å². The van der Waals surface area contributed by atoms with Crippen molar-refractivity contribution < 1.29 is 14.6 Å². The lowest BCUT2D eigenvalue weighted by Gasteiger charge is -1.95. The predicted octanol–water partition coefficient (Wildman–Crippen LogP) is 2.03. The molecule has 0 unspecified atom stereocenters. The van der Waals surface area contributed by atoms with Crippen LogP contribution in [0.5, 0.6) is 0 Å². The summed E-state index contributed by atoms with van der Waals surface area (Å²) in [5, 5.41) is 8.17. The summed E-state index contributed by atoms with van der Waals surface area (Å²) in [7, 11) is 0. The number of ether oxygens (including phenoxy) is 1. The van der Waals surface area contributed by atoms with Crippen molar-refractivity contribution in [2.24, 2.45) is 5.92 Å². The highest BCUT2D eigenvalue weighted by Gasteiger charge is 1.95. The van der Waals surface area contributed by atoms with Gasteiger partial charge < -0.3 is 14.6 Å². The van der Waals surface area contributed by atoms with Crippen LogP contribution in [0.1, 0.15) is 40.5 Å². The molecule has 0 fully saturated rings. The lowest BCUT2D eigenvalue weighted by Crippen LogP contribution is -1.98. The third-order valence-electron chi connectivity index (χ3n) is 1.28. The van der Waals surface area contributed by atoms with Crippen LogP contribution in [-0.2, 0) is 9.53 Å². The molecule has 0 rings (SSSR count). The summed E-state index contributed by atoms with van der Waals surface area (Å²) in [5.74, 6) is 0.813. The fourth-order valence-corrected chi connectivity index (χ4v) is 0.886. The van der Waals surface area contributed by atoms with Crippen molar-refractivity contribution in [3.05, 3.63) is 0 Å². The molecule has 0 saturated carbocycles. The maximum atomic E-state index is 10.3. The number of carbonyl (C=O) groups excluding carboxylic acids is 1. The first-order valence-electron chi connectivity index (χ1n) is 5.22. The van der Waals surface area contributed by atoms with E-state index in [-0.39, 0.29) is 12.4 Å². The third-order valence-corrected chi connectivity index (χ3v) is 1.28. The Labute approximate surface area is 87.5 Å². The maximum absolute atomic E-state index is 10.3. The van der Waals surface area contributed by atoms with Crippen LogP contribution in [0.15, 0.2) is 0 Å². The number of aliphatic hydroxyl groups excluding tert-OH is 1. The minimum Gasteiger partial charge on any atom is -0.394 e. The molecule has 86 valence electrons. The van der Waals surface area contributed by atoms with Crippen molar-refractivity contribution in [1.82, 2.24) is 0 Å². The van der Waals surface area contributed by atoms with Gasteiger partial charge in [-0.25, -0.2) is 0 Å². The summed E-state index contributed by atoms with van der Waals surface area (Å²) in [6.45, 7) is 9.13. The van der Waals surface area contributed by atoms with Gasteiger partial charge in [0.15, 0.2) is 0 Å². The molecular formula is C11H24O3. The SMILES string of the molecule is CC(=O)CC(C)C.CCCOCCO. The molecule has 0 aliphatic rings. The Bertz CT molecular complexity index is 118. The van der Waals surface area contributed by atoms with Crippen LogP contribution in [0.25, 0.3) is 0 Å². The van der Waals surface area contributed by atoms with E-state index < -0.39 is 0 Å². The Balaban J connectivity index is 0. The molecule has 0 aliphatic heterocycles. The van der Waals surface area contributed by atoms with Crippen LogP contribution in [-0.4, -0.2) is 30.7 Å². The third kappa shape index (κ3) is 22.6. The van der Waals surface area contributed by atoms with Gasteiger partial charge in [0.1, 0.15) is 5.78 Å². The molecule has 3 heteroatoms. The number of carbonyl (C=O) groups is 1. The highest BCUT2D eigenvalue weighted by atomic mass is 16.5. The second-order valence-corrected chi connectivity index (χ2v) is 3.64. The van der Waals surface area contributed by atoms with Crippen molar-refractivity contribution in [3.8, 4) is 0 Å². The van der Waals surface area contributed by atoms with Crippen LogP contribution in [0.2, 0.25) is 0 Å². The zero-order valence-electron chi connectivity index (χ0n) is 9.88. The maximum Gasteiger partial charge on any atom is 0.130 e. The summed E-state index contributed by atoms with van der Waals surface area (Å²) in [5.41, 5.74) is 0. The van der Waals surface area contributed by atoms with E-state index >= 15 is 0 Å². The van der Waals surface area contributed by atoms with Gasteiger partial charge in [0, 0.05) is 13.0 Å². The van der Waals surface area contributed by atoms with Crippen LogP contribution in [0.4, 0.5) is 0 Å². The number of Topliss-reactive ketones (excluding diaryl/α,β-unsaturated/α-hetero) is 1. The minimum absolute atomic E-state index is 0.139. The zero-order valence-corrected chi connectivity index (χ0v) is 9.88. The van der Waals surface area contributed by atoms with E-state index in [0.717, 1.165) is 19.4 Å². The Hall–Kier alpha value is -0.410. The highest BCUT2D eigenvalue weighted by molar-refractivity contribution is 5.75. The van der Waals surface area contributed by atoms with E-state index in [0.29, 0.717) is 12.5 Å². The first kappa shape index (κ1) is 16.0. The average molecular weight is 204 g/mol. The Kier molecular flexibility index (Phi) is 14.4. The summed E-state index contributed by atoms with van der Waals surface area (Å²) in [4.78, 5) is 10.3. The number of ketones is 1. The van der Waals surface area contributed by atoms with Crippen molar-refractivity contribution >= 4 is 5.78 Å². The summed E-state index contributed by atoms with van der Waals surface area (Å²) in [6.07, 6.45) is 1.75. The highest BCUT2D eigenvalue weighted by Crippen LogP contribution is 1.97. The molecule has 0 aliphatic carbocycles. The van der Waals surface area contributed by atoms with Crippen LogP contribution in [0.3, 0.4) is 0 Å². The fourth-order valence-electron chi connectivity index (χ4n) is 0.886. The number of aliphatic hydroxyl groups is 1. The Morgan fingerprint density at radius 2 is 1.93 bits per heavy atom. The topological polar surface area (TPSA) is 46.5 Å². The largest absolute Gasteiger partial charge is 0.394 e. The van der Waals surface area contributed by atoms with Gasteiger partial charge in [-0.2, -0.15) is 0 Å². The average Bonchev–Trinajstić information content (AvgIpc) is 2.04. The second-order valence-electron chi connectivity index (χ2n) is 3.64. The molecule has 0 saturated heterocycles. The molecule has 0 atom stereocenters. The van der Waals surface area contributed by atoms with E-state index in [1.807, 2.05) is 20.8 Å². The Morgan fingerprint density at radius 3 is 2.14 bits per heavy atom. The normalized spacial score (nSPS) is 9.57. The van der Waals surface area contributed by atoms with Crippen LogP contribution in [0, 0.1) is 5.92 Å². The van der Waals surface area contributed by atoms with E-state index in [4.69, 9.17) is 9.84 Å². The zero-order chi connectivity index (χ0) is 11.4. The summed E-state index contributed by atoms with van der Waals surface area (Å²) >= 11 is 0. The van der Waals surface area contributed by atoms with Gasteiger partial charge in [-0.15, -0.1) is 0 Å². The van der Waals surface area contributed by atoms with Crippen LogP contribution < -0.4 is 0 Å². The molecule has 1 N–H and O–H groups in total. The molecular weight excluding hydrogens is 180 g/mol. The lowest BCUT2D eigenvalue weighted by molar-refractivity contribution is -0.117. The summed E-state index contributed by atoms with van der Waals surface area (Å²) in [6, 6.07) is 0. The molecule has 0 spiro atoms. The number of hydrogen-bond acceptors (Lipinski definition) is 3. The minimum atomic E-state index is 0.139. The standard InChI is InChI=1S/C6H12O.C5H12O2/c1-5(2)4-6(3)7;1-2-4-7-5-3-6/h5H,4H2,1-3H3;6H,2-5H2,1H3. The van der Waals surface area contributed by atoms with Crippen molar-refractivity contribution in [3.63, 3.8) is 0 Å². The second kappa shape index (κ2) is 12.6. The molecule has 0 amide bonds. The molecule has 3 nitrogen and oxygen atoms in total. The van der Waals surface area contributed by atoms with Crippen molar-refractivity contribution in [1.29, 1.82) is 0 Å². The van der Waals surface area contributed by atoms with Crippen molar-refractivity contribution in [2.45, 2.75) is 40.5 Å². The lowest BCUT2D eigenvalue weighted by atomic mass is 10.1.